The molecule has 0 saturated carbocycles. The Kier molecular flexibility index (Phi) is 4.18. The van der Waals surface area contributed by atoms with Crippen molar-refractivity contribution >= 4 is 40.3 Å². The first-order valence-corrected chi connectivity index (χ1v) is 8.32. The second-order valence-electron chi connectivity index (χ2n) is 5.06. The third kappa shape index (κ3) is 2.74. The van der Waals surface area contributed by atoms with Crippen molar-refractivity contribution in [1.82, 2.24) is 9.47 Å². The maximum atomic E-state index is 12.3. The molecule has 0 N–H and O–H groups in total. The lowest BCUT2D eigenvalue weighted by atomic mass is 10.2. The van der Waals surface area contributed by atoms with Gasteiger partial charge in [0.2, 0.25) is 0 Å². The number of benzene rings is 1. The van der Waals surface area contributed by atoms with Crippen molar-refractivity contribution in [1.29, 1.82) is 0 Å². The Morgan fingerprint density at radius 3 is 2.59 bits per heavy atom. The number of likely N-dealkylation sites (N-methyl/N-ethyl adjacent to an activating group) is 1. The zero-order valence-corrected chi connectivity index (χ0v) is 14.1. The standard InChI is InChI=1S/C17H16N2OS2/c1-3-18-16(20)15(22-17(18)21)11-14-5-4-10-19(14)13-8-6-12(2)7-9-13/h4-11H,3H2,1-2H3/b15-11-. The van der Waals surface area contributed by atoms with Crippen molar-refractivity contribution in [2.45, 2.75) is 13.8 Å². The highest BCUT2D eigenvalue weighted by molar-refractivity contribution is 8.26. The van der Waals surface area contributed by atoms with E-state index in [4.69, 9.17) is 12.2 Å². The van der Waals surface area contributed by atoms with Crippen LogP contribution >= 0.6 is 24.0 Å². The molecule has 0 aliphatic carbocycles. The predicted octanol–water partition coefficient (Wildman–Crippen LogP) is 4.01. The van der Waals surface area contributed by atoms with Gasteiger partial charge in [-0.25, -0.2) is 0 Å². The number of amides is 1. The zero-order chi connectivity index (χ0) is 15.7. The van der Waals surface area contributed by atoms with Crippen molar-refractivity contribution < 1.29 is 4.79 Å². The van der Waals surface area contributed by atoms with E-state index in [1.165, 1.54) is 17.3 Å². The van der Waals surface area contributed by atoms with E-state index in [0.29, 0.717) is 15.8 Å². The van der Waals surface area contributed by atoms with Gasteiger partial charge in [-0.2, -0.15) is 0 Å². The highest BCUT2D eigenvalue weighted by atomic mass is 32.2. The summed E-state index contributed by atoms with van der Waals surface area (Å²) in [5, 5.41) is 0. The van der Waals surface area contributed by atoms with Crippen LogP contribution in [-0.2, 0) is 4.79 Å². The van der Waals surface area contributed by atoms with E-state index in [0.717, 1.165) is 11.4 Å². The lowest BCUT2D eigenvalue weighted by Gasteiger charge is -2.10. The second-order valence-corrected chi connectivity index (χ2v) is 6.74. The van der Waals surface area contributed by atoms with E-state index in [9.17, 15) is 4.79 Å². The van der Waals surface area contributed by atoms with Crippen molar-refractivity contribution in [2.24, 2.45) is 0 Å². The molecule has 3 nitrogen and oxygen atoms in total. The number of nitrogens with zero attached hydrogens (tertiary/aromatic N) is 2. The molecule has 3 rings (SSSR count). The summed E-state index contributed by atoms with van der Waals surface area (Å²) in [6, 6.07) is 12.3. The molecule has 2 heterocycles. The van der Waals surface area contributed by atoms with Gasteiger partial charge in [-0.3, -0.25) is 9.69 Å². The molecule has 5 heteroatoms. The third-order valence-corrected chi connectivity index (χ3v) is 4.94. The minimum absolute atomic E-state index is 0.00541. The molecule has 1 aliphatic heterocycles. The molecular weight excluding hydrogens is 312 g/mol. The Bertz CT molecular complexity index is 759. The molecule has 22 heavy (non-hydrogen) atoms. The van der Waals surface area contributed by atoms with Crippen LogP contribution in [0.5, 0.6) is 0 Å². The van der Waals surface area contributed by atoms with Gasteiger partial charge in [0.05, 0.1) is 4.91 Å². The molecule has 0 unspecified atom stereocenters. The Labute approximate surface area is 139 Å². The van der Waals surface area contributed by atoms with Crippen molar-refractivity contribution in [3.05, 3.63) is 58.8 Å². The van der Waals surface area contributed by atoms with Crippen molar-refractivity contribution in [3.63, 3.8) is 0 Å². The quantitative estimate of drug-likeness (QED) is 0.629. The maximum Gasteiger partial charge on any atom is 0.266 e. The summed E-state index contributed by atoms with van der Waals surface area (Å²) in [6.07, 6.45) is 3.91. The highest BCUT2D eigenvalue weighted by Gasteiger charge is 2.30. The van der Waals surface area contributed by atoms with Gasteiger partial charge >= 0.3 is 0 Å². The van der Waals surface area contributed by atoms with Crippen LogP contribution in [0.15, 0.2) is 47.5 Å². The molecule has 112 valence electrons. The van der Waals surface area contributed by atoms with Gasteiger partial charge in [0.1, 0.15) is 4.32 Å². The number of hydrogen-bond acceptors (Lipinski definition) is 3. The van der Waals surface area contributed by atoms with E-state index in [2.05, 4.69) is 35.8 Å². The number of rotatable bonds is 3. The van der Waals surface area contributed by atoms with Crippen LogP contribution in [0.25, 0.3) is 11.8 Å². The number of hydrogen-bond donors (Lipinski definition) is 0. The first kappa shape index (κ1) is 15.1. The Morgan fingerprint density at radius 2 is 1.95 bits per heavy atom. The molecular formula is C17H16N2OS2. The van der Waals surface area contributed by atoms with Crippen LogP contribution in [-0.4, -0.2) is 26.2 Å². The summed E-state index contributed by atoms with van der Waals surface area (Å²) >= 11 is 6.62. The Balaban J connectivity index is 1.96. The summed E-state index contributed by atoms with van der Waals surface area (Å²) in [5.74, 6) is -0.00541. The fourth-order valence-electron chi connectivity index (χ4n) is 2.36. The number of aryl methyl sites for hydroxylation is 1. The average Bonchev–Trinajstić information content (AvgIpc) is 3.06. The van der Waals surface area contributed by atoms with Crippen LogP contribution in [0, 0.1) is 6.92 Å². The lowest BCUT2D eigenvalue weighted by Crippen LogP contribution is -2.27. The number of carbonyl (C=O) groups is 1. The number of thioether (sulfide) groups is 1. The van der Waals surface area contributed by atoms with Gasteiger partial charge in [-0.15, -0.1) is 0 Å². The number of aromatic nitrogens is 1. The maximum absolute atomic E-state index is 12.3. The van der Waals surface area contributed by atoms with Gasteiger partial charge < -0.3 is 4.57 Å². The van der Waals surface area contributed by atoms with Crippen LogP contribution in [0.2, 0.25) is 0 Å². The summed E-state index contributed by atoms with van der Waals surface area (Å²) in [5.41, 5.74) is 3.27. The third-order valence-electron chi connectivity index (χ3n) is 3.56. The fourth-order valence-corrected chi connectivity index (χ4v) is 3.73. The minimum Gasteiger partial charge on any atom is -0.317 e. The SMILES string of the molecule is CCN1C(=O)/C(=C/c2cccn2-c2ccc(C)cc2)SC1=S. The summed E-state index contributed by atoms with van der Waals surface area (Å²) in [7, 11) is 0. The molecule has 0 spiro atoms. The molecule has 1 fully saturated rings. The molecule has 1 aliphatic rings. The Hall–Kier alpha value is -1.85. The topological polar surface area (TPSA) is 25.2 Å². The molecule has 0 radical (unpaired) electrons. The molecule has 0 bridgehead atoms. The van der Waals surface area contributed by atoms with Crippen LogP contribution in [0.3, 0.4) is 0 Å². The van der Waals surface area contributed by atoms with Gasteiger partial charge in [0, 0.05) is 24.1 Å². The van der Waals surface area contributed by atoms with Gasteiger partial charge in [0.15, 0.2) is 0 Å². The number of thiocarbonyl (C=S) groups is 1. The van der Waals surface area contributed by atoms with Crippen LogP contribution in [0.4, 0.5) is 0 Å². The normalized spacial score (nSPS) is 16.8. The van der Waals surface area contributed by atoms with E-state index in [1.54, 1.807) is 4.90 Å². The van der Waals surface area contributed by atoms with E-state index >= 15 is 0 Å². The summed E-state index contributed by atoms with van der Waals surface area (Å²) in [4.78, 5) is 14.6. The summed E-state index contributed by atoms with van der Waals surface area (Å²) < 4.78 is 2.70. The van der Waals surface area contributed by atoms with Crippen LogP contribution < -0.4 is 0 Å². The molecule has 1 aromatic heterocycles. The fraction of sp³-hybridized carbons (Fsp3) is 0.176. The smallest absolute Gasteiger partial charge is 0.266 e. The second kappa shape index (κ2) is 6.10. The first-order chi connectivity index (χ1) is 10.6. The first-order valence-electron chi connectivity index (χ1n) is 7.10. The van der Waals surface area contributed by atoms with Crippen LogP contribution in [0.1, 0.15) is 18.2 Å². The van der Waals surface area contributed by atoms with E-state index in [1.807, 2.05) is 31.3 Å². The summed E-state index contributed by atoms with van der Waals surface area (Å²) in [6.45, 7) is 4.61. The van der Waals surface area contributed by atoms with Gasteiger partial charge in [0.25, 0.3) is 5.91 Å². The monoisotopic (exact) mass is 328 g/mol. The average molecular weight is 328 g/mol. The lowest BCUT2D eigenvalue weighted by molar-refractivity contribution is -0.121. The molecule has 1 saturated heterocycles. The molecule has 2 aromatic rings. The molecule has 1 amide bonds. The largest absolute Gasteiger partial charge is 0.317 e. The van der Waals surface area contributed by atoms with Gasteiger partial charge in [-0.05, 0) is 44.2 Å². The molecule has 0 atom stereocenters. The minimum atomic E-state index is -0.00541. The van der Waals surface area contributed by atoms with E-state index in [-0.39, 0.29) is 5.91 Å². The molecule has 1 aromatic carbocycles. The Morgan fingerprint density at radius 1 is 1.23 bits per heavy atom. The van der Waals surface area contributed by atoms with E-state index < -0.39 is 0 Å². The van der Waals surface area contributed by atoms with Crippen molar-refractivity contribution in [2.75, 3.05) is 6.54 Å². The van der Waals surface area contributed by atoms with Crippen molar-refractivity contribution in [3.8, 4) is 5.69 Å². The van der Waals surface area contributed by atoms with Gasteiger partial charge in [-0.1, -0.05) is 41.7 Å². The highest BCUT2D eigenvalue weighted by Crippen LogP contribution is 2.32. The predicted molar refractivity (Wildman–Crippen MR) is 96.1 cm³/mol. The number of carbonyl (C=O) groups excluding carboxylic acids is 1. The zero-order valence-electron chi connectivity index (χ0n) is 12.4.